The third-order valence-corrected chi connectivity index (χ3v) is 9.97. The Labute approximate surface area is 195 Å². The second-order valence-electron chi connectivity index (χ2n) is 9.73. The van der Waals surface area contributed by atoms with Crippen LogP contribution in [0.4, 0.5) is 5.69 Å². The van der Waals surface area contributed by atoms with E-state index in [0.717, 1.165) is 82.9 Å². The molecule has 5 heteroatoms. The second kappa shape index (κ2) is 7.41. The Morgan fingerprint density at radius 3 is 2.55 bits per heavy atom. The second-order valence-corrected chi connectivity index (χ2v) is 11.8. The fraction of sp³-hybridized carbons (Fsp3) is 0.321. The average Bonchev–Trinajstić information content (AvgIpc) is 2.80. The lowest BCUT2D eigenvalue weighted by molar-refractivity contribution is 0.499. The number of nitrogens with zero attached hydrogens (tertiary/aromatic N) is 2. The minimum Gasteiger partial charge on any atom is -0.374 e. The van der Waals surface area contributed by atoms with E-state index in [1.54, 1.807) is 0 Å². The van der Waals surface area contributed by atoms with Crippen LogP contribution in [0, 0.1) is 6.92 Å². The van der Waals surface area contributed by atoms with Gasteiger partial charge in [-0.05, 0) is 71.4 Å². The molecule has 0 saturated carbocycles. The number of aryl methyl sites for hydroxylation is 1. The van der Waals surface area contributed by atoms with Gasteiger partial charge in [0.05, 0.1) is 10.6 Å². The Kier molecular flexibility index (Phi) is 4.69. The van der Waals surface area contributed by atoms with Gasteiger partial charge in [0.1, 0.15) is 13.6 Å². The molecular weight excluding hydrogens is 427 g/mol. The van der Waals surface area contributed by atoms with Gasteiger partial charge >= 0.3 is 0 Å². The summed E-state index contributed by atoms with van der Waals surface area (Å²) in [5.41, 5.74) is 7.59. The van der Waals surface area contributed by atoms with Gasteiger partial charge in [-0.2, -0.15) is 0 Å². The monoisotopic (exact) mass is 457 g/mol. The van der Waals surface area contributed by atoms with E-state index in [4.69, 9.17) is 0 Å². The molecule has 1 atom stereocenters. The molecule has 3 aromatic rings. The molecule has 0 bridgehead atoms. The number of fused-ring (bicyclic) bond motifs is 6. The molecule has 0 aromatic heterocycles. The molecule has 0 radical (unpaired) electrons. The Morgan fingerprint density at radius 2 is 1.73 bits per heavy atom. The van der Waals surface area contributed by atoms with Crippen molar-refractivity contribution in [3.8, 4) is 0 Å². The van der Waals surface area contributed by atoms with E-state index in [1.165, 1.54) is 5.56 Å². The van der Waals surface area contributed by atoms with Crippen molar-refractivity contribution in [1.82, 2.24) is 4.58 Å². The molecule has 0 saturated heterocycles. The van der Waals surface area contributed by atoms with Crippen LogP contribution in [0.1, 0.15) is 40.7 Å². The number of hydrogen-bond acceptors (Lipinski definition) is 2. The fourth-order valence-corrected chi connectivity index (χ4v) is 8.62. The van der Waals surface area contributed by atoms with E-state index in [2.05, 4.69) is 79.0 Å². The molecule has 0 spiro atoms. The SMILES string of the molecule is Cc1ccccc1C1=c2ccc3c(c2P(=O)(O)c2c1ccc1c2CCCN1C)CCC[N+]=3C. The molecule has 0 aliphatic carbocycles. The third kappa shape index (κ3) is 2.94. The molecular formula is C28H30N2O2P+. The van der Waals surface area contributed by atoms with Crippen molar-refractivity contribution in [2.24, 2.45) is 0 Å². The van der Waals surface area contributed by atoms with Gasteiger partial charge in [-0.15, -0.1) is 0 Å². The van der Waals surface area contributed by atoms with Crippen molar-refractivity contribution in [2.75, 3.05) is 32.1 Å². The van der Waals surface area contributed by atoms with Crippen molar-refractivity contribution >= 4 is 29.2 Å². The predicted molar refractivity (Wildman–Crippen MR) is 136 cm³/mol. The van der Waals surface area contributed by atoms with Crippen molar-refractivity contribution in [1.29, 1.82) is 0 Å². The maximum Gasteiger partial charge on any atom is 0.260 e. The van der Waals surface area contributed by atoms with E-state index in [9.17, 15) is 9.46 Å². The van der Waals surface area contributed by atoms with Gasteiger partial charge < -0.3 is 9.79 Å². The first-order valence-corrected chi connectivity index (χ1v) is 13.6. The van der Waals surface area contributed by atoms with Crippen LogP contribution in [-0.2, 0) is 17.4 Å². The van der Waals surface area contributed by atoms with Crippen LogP contribution >= 0.6 is 7.37 Å². The molecule has 3 heterocycles. The highest BCUT2D eigenvalue weighted by Crippen LogP contribution is 2.47. The van der Waals surface area contributed by atoms with Crippen LogP contribution in [0.2, 0.25) is 0 Å². The highest BCUT2D eigenvalue weighted by molar-refractivity contribution is 7.74. The lowest BCUT2D eigenvalue weighted by Crippen LogP contribution is -2.48. The van der Waals surface area contributed by atoms with Crippen molar-refractivity contribution < 1.29 is 9.46 Å². The molecule has 33 heavy (non-hydrogen) atoms. The molecule has 6 rings (SSSR count). The smallest absolute Gasteiger partial charge is 0.260 e. The lowest BCUT2D eigenvalue weighted by Gasteiger charge is -2.34. The van der Waals surface area contributed by atoms with Crippen LogP contribution in [0.15, 0.2) is 48.5 Å². The summed E-state index contributed by atoms with van der Waals surface area (Å²) in [6.07, 6.45) is 3.70. The first-order chi connectivity index (χ1) is 15.9. The number of benzene rings is 3. The molecule has 168 valence electrons. The van der Waals surface area contributed by atoms with Gasteiger partial charge in [0.15, 0.2) is 0 Å². The third-order valence-electron chi connectivity index (χ3n) is 7.74. The summed E-state index contributed by atoms with van der Waals surface area (Å²) in [4.78, 5) is 14.2. The Balaban J connectivity index is 1.85. The largest absolute Gasteiger partial charge is 0.374 e. The summed E-state index contributed by atoms with van der Waals surface area (Å²) in [6.45, 7) is 4.09. The zero-order valence-corrected chi connectivity index (χ0v) is 20.5. The molecule has 3 aromatic carbocycles. The summed E-state index contributed by atoms with van der Waals surface area (Å²) >= 11 is 0. The predicted octanol–water partition coefficient (Wildman–Crippen LogP) is 2.23. The summed E-state index contributed by atoms with van der Waals surface area (Å²) < 4.78 is 16.8. The van der Waals surface area contributed by atoms with Gasteiger partial charge in [0.25, 0.3) is 7.37 Å². The molecule has 1 N–H and O–H groups in total. The average molecular weight is 458 g/mol. The van der Waals surface area contributed by atoms with Crippen LogP contribution < -0.4 is 30.7 Å². The first kappa shape index (κ1) is 20.9. The van der Waals surface area contributed by atoms with Gasteiger partial charge in [-0.1, -0.05) is 30.3 Å². The van der Waals surface area contributed by atoms with Crippen molar-refractivity contribution in [2.45, 2.75) is 32.6 Å². The topological polar surface area (TPSA) is 43.5 Å². The van der Waals surface area contributed by atoms with E-state index < -0.39 is 7.37 Å². The van der Waals surface area contributed by atoms with Crippen LogP contribution in [-0.4, -0.2) is 32.1 Å². The molecule has 0 amide bonds. The maximum absolute atomic E-state index is 14.6. The zero-order chi connectivity index (χ0) is 22.9. The zero-order valence-electron chi connectivity index (χ0n) is 19.6. The minimum atomic E-state index is -3.79. The first-order valence-electron chi connectivity index (χ1n) is 11.9. The van der Waals surface area contributed by atoms with Gasteiger partial charge in [0, 0.05) is 37.3 Å². The van der Waals surface area contributed by atoms with Gasteiger partial charge in [0.2, 0.25) is 5.36 Å². The van der Waals surface area contributed by atoms with E-state index >= 15 is 0 Å². The highest BCUT2D eigenvalue weighted by Gasteiger charge is 2.41. The summed E-state index contributed by atoms with van der Waals surface area (Å²) in [6, 6.07) is 16.9. The maximum atomic E-state index is 14.6. The molecule has 4 nitrogen and oxygen atoms in total. The molecule has 3 aliphatic rings. The normalized spacial score (nSPS) is 21.3. The molecule has 1 unspecified atom stereocenters. The fourth-order valence-electron chi connectivity index (χ4n) is 6.18. The summed E-state index contributed by atoms with van der Waals surface area (Å²) in [5, 5.41) is 3.39. The molecule has 3 aliphatic heterocycles. The Morgan fingerprint density at radius 1 is 0.939 bits per heavy atom. The minimum absolute atomic E-state index is 0.680. The number of hydrogen-bond donors (Lipinski definition) is 1. The standard InChI is InChI=1S/C28H29N2O2P/c1-18-8-4-5-9-19(18)26-22-12-14-24-20(10-6-16-29(24)2)27(22)33(31,32)28-21-11-7-17-30(3)25(21)15-13-23(26)28/h4-5,8-9,12-15H,6-7,10-11,16-17H2,1-3H3/p+1. The Bertz CT molecular complexity index is 1510. The van der Waals surface area contributed by atoms with Crippen molar-refractivity contribution in [3.63, 3.8) is 0 Å². The lowest BCUT2D eigenvalue weighted by atomic mass is 9.88. The van der Waals surface area contributed by atoms with E-state index in [0.29, 0.717) is 10.6 Å². The van der Waals surface area contributed by atoms with E-state index in [1.807, 2.05) is 0 Å². The van der Waals surface area contributed by atoms with Crippen LogP contribution in [0.25, 0.3) is 5.57 Å². The number of anilines is 1. The van der Waals surface area contributed by atoms with Gasteiger partial charge in [-0.3, -0.25) is 4.57 Å². The molecule has 0 fully saturated rings. The van der Waals surface area contributed by atoms with E-state index in [-0.39, 0.29) is 0 Å². The van der Waals surface area contributed by atoms with Crippen LogP contribution in [0.5, 0.6) is 0 Å². The summed E-state index contributed by atoms with van der Waals surface area (Å²) in [5.74, 6) is 0. The quantitative estimate of drug-likeness (QED) is 0.450. The number of rotatable bonds is 1. The van der Waals surface area contributed by atoms with Crippen LogP contribution in [0.3, 0.4) is 0 Å². The highest BCUT2D eigenvalue weighted by atomic mass is 31.2. The summed E-state index contributed by atoms with van der Waals surface area (Å²) in [7, 11) is 0.392. The van der Waals surface area contributed by atoms with Gasteiger partial charge in [-0.25, -0.2) is 4.58 Å². The van der Waals surface area contributed by atoms with Crippen molar-refractivity contribution in [3.05, 3.63) is 86.9 Å². The Hall–Kier alpha value is -2.68.